The lowest BCUT2D eigenvalue weighted by Crippen LogP contribution is -2.10. The molecule has 0 unspecified atom stereocenters. The zero-order valence-electron chi connectivity index (χ0n) is 14.6. The lowest BCUT2D eigenvalue weighted by Gasteiger charge is -2.18. The molecule has 0 aliphatic heterocycles. The van der Waals surface area contributed by atoms with Gasteiger partial charge in [-0.3, -0.25) is 0 Å². The van der Waals surface area contributed by atoms with Crippen molar-refractivity contribution in [1.29, 1.82) is 0 Å². The first-order valence-corrected chi connectivity index (χ1v) is 7.76. The van der Waals surface area contributed by atoms with Crippen molar-refractivity contribution in [3.63, 3.8) is 0 Å². The second kappa shape index (κ2) is 8.38. The minimum Gasteiger partial charge on any atom is -0.0985 e. The molecule has 2 aromatic rings. The van der Waals surface area contributed by atoms with E-state index >= 15 is 0 Å². The summed E-state index contributed by atoms with van der Waals surface area (Å²) in [5.41, 5.74) is 5.42. The summed E-state index contributed by atoms with van der Waals surface area (Å²) in [6.45, 7) is 14.6. The average molecular weight is 292 g/mol. The van der Waals surface area contributed by atoms with E-state index in [2.05, 4.69) is 95.8 Å². The van der Waals surface area contributed by atoms with Gasteiger partial charge in [0.2, 0.25) is 0 Å². The molecule has 0 aromatic heterocycles. The third-order valence-electron chi connectivity index (χ3n) is 3.27. The van der Waals surface area contributed by atoms with E-state index in [-0.39, 0.29) is 5.41 Å². The highest BCUT2D eigenvalue weighted by Gasteiger charge is 2.12. The Morgan fingerprint density at radius 3 is 1.77 bits per heavy atom. The zero-order valence-corrected chi connectivity index (χ0v) is 14.6. The van der Waals surface area contributed by atoms with Crippen molar-refractivity contribution in [2.45, 2.75) is 40.0 Å². The van der Waals surface area contributed by atoms with E-state index in [1.54, 1.807) is 0 Å². The summed E-state index contributed by atoms with van der Waals surface area (Å²) in [6.07, 6.45) is 4.03. The van der Waals surface area contributed by atoms with Crippen molar-refractivity contribution in [2.75, 3.05) is 0 Å². The van der Waals surface area contributed by atoms with Gasteiger partial charge < -0.3 is 0 Å². The molecular formula is C22H28. The quantitative estimate of drug-likeness (QED) is 0.575. The van der Waals surface area contributed by atoms with E-state index in [0.717, 1.165) is 0 Å². The molecule has 0 fully saturated rings. The standard InChI is InChI=1S/C12H16.C10H12/c1-5-10-6-8-11(9-7-10)12(2,3)4;1-9(2)8-10-6-4-3-5-7-10/h5-9H,1H2,2-4H3;3-8H,1-2H3. The Morgan fingerprint density at radius 2 is 1.36 bits per heavy atom. The van der Waals surface area contributed by atoms with Crippen LogP contribution in [0.5, 0.6) is 0 Å². The molecule has 2 aromatic carbocycles. The number of hydrogen-bond acceptors (Lipinski definition) is 0. The SMILES string of the molecule is C=Cc1ccc(C(C)(C)C)cc1.CC(C)=Cc1ccccc1. The lowest BCUT2D eigenvalue weighted by atomic mass is 9.87. The predicted molar refractivity (Wildman–Crippen MR) is 101 cm³/mol. The summed E-state index contributed by atoms with van der Waals surface area (Å²) in [4.78, 5) is 0. The third-order valence-corrected chi connectivity index (χ3v) is 3.27. The fourth-order valence-electron chi connectivity index (χ4n) is 2.00. The molecule has 2 rings (SSSR count). The van der Waals surface area contributed by atoms with E-state index in [0.29, 0.717) is 0 Å². The molecular weight excluding hydrogens is 264 g/mol. The van der Waals surface area contributed by atoms with Crippen LogP contribution in [0.2, 0.25) is 0 Å². The van der Waals surface area contributed by atoms with Gasteiger partial charge in [-0.2, -0.15) is 0 Å². The maximum Gasteiger partial charge on any atom is -0.0132 e. The van der Waals surface area contributed by atoms with Crippen LogP contribution in [0.1, 0.15) is 51.3 Å². The van der Waals surface area contributed by atoms with Gasteiger partial charge in [-0.05, 0) is 36.0 Å². The lowest BCUT2D eigenvalue weighted by molar-refractivity contribution is 0.590. The van der Waals surface area contributed by atoms with E-state index < -0.39 is 0 Å². The van der Waals surface area contributed by atoms with Crippen LogP contribution in [0.25, 0.3) is 12.2 Å². The minimum absolute atomic E-state index is 0.250. The Morgan fingerprint density at radius 1 is 0.818 bits per heavy atom. The van der Waals surface area contributed by atoms with Gasteiger partial charge in [0.05, 0.1) is 0 Å². The van der Waals surface area contributed by atoms with Gasteiger partial charge in [0.15, 0.2) is 0 Å². The van der Waals surface area contributed by atoms with Gasteiger partial charge in [0, 0.05) is 0 Å². The number of allylic oxidation sites excluding steroid dienone is 1. The predicted octanol–water partition coefficient (Wildman–Crippen LogP) is 6.74. The highest BCUT2D eigenvalue weighted by atomic mass is 14.2. The van der Waals surface area contributed by atoms with Gasteiger partial charge >= 0.3 is 0 Å². The summed E-state index contributed by atoms with van der Waals surface area (Å²) < 4.78 is 0. The smallest absolute Gasteiger partial charge is 0.0132 e. The topological polar surface area (TPSA) is 0 Å². The van der Waals surface area contributed by atoms with Gasteiger partial charge in [0.25, 0.3) is 0 Å². The Hall–Kier alpha value is -2.08. The van der Waals surface area contributed by atoms with E-state index in [1.165, 1.54) is 22.3 Å². The highest BCUT2D eigenvalue weighted by Crippen LogP contribution is 2.22. The number of benzene rings is 2. The van der Waals surface area contributed by atoms with Crippen LogP contribution in [0.15, 0.2) is 66.7 Å². The van der Waals surface area contributed by atoms with Gasteiger partial charge in [-0.1, -0.05) is 99.7 Å². The first kappa shape index (κ1) is 18.0. The van der Waals surface area contributed by atoms with Gasteiger partial charge in [0.1, 0.15) is 0 Å². The van der Waals surface area contributed by atoms with Gasteiger partial charge in [-0.25, -0.2) is 0 Å². The second-order valence-electron chi connectivity index (χ2n) is 6.71. The van der Waals surface area contributed by atoms with Crippen LogP contribution >= 0.6 is 0 Å². The van der Waals surface area contributed by atoms with E-state index in [1.807, 2.05) is 12.1 Å². The van der Waals surface area contributed by atoms with Crippen LogP contribution in [-0.2, 0) is 5.41 Å². The van der Waals surface area contributed by atoms with Crippen LogP contribution < -0.4 is 0 Å². The first-order chi connectivity index (χ1) is 10.3. The average Bonchev–Trinajstić information content (AvgIpc) is 2.47. The molecule has 0 heterocycles. The second-order valence-corrected chi connectivity index (χ2v) is 6.71. The fourth-order valence-corrected chi connectivity index (χ4v) is 2.00. The third kappa shape index (κ3) is 6.58. The Kier molecular flexibility index (Phi) is 6.85. The van der Waals surface area contributed by atoms with Crippen molar-refractivity contribution in [3.05, 3.63) is 83.4 Å². The molecule has 22 heavy (non-hydrogen) atoms. The fraction of sp³-hybridized carbons (Fsp3) is 0.273. The largest absolute Gasteiger partial charge is 0.0985 e. The molecule has 0 heteroatoms. The molecule has 0 N–H and O–H groups in total. The first-order valence-electron chi connectivity index (χ1n) is 7.76. The van der Waals surface area contributed by atoms with Crippen molar-refractivity contribution < 1.29 is 0 Å². The molecule has 0 amide bonds. The van der Waals surface area contributed by atoms with E-state index in [9.17, 15) is 0 Å². The molecule has 116 valence electrons. The molecule has 0 saturated heterocycles. The van der Waals surface area contributed by atoms with Crippen LogP contribution in [0, 0.1) is 0 Å². The van der Waals surface area contributed by atoms with Crippen molar-refractivity contribution in [2.24, 2.45) is 0 Å². The Bertz CT molecular complexity index is 589. The van der Waals surface area contributed by atoms with Crippen LogP contribution in [0.4, 0.5) is 0 Å². The van der Waals surface area contributed by atoms with Crippen LogP contribution in [-0.4, -0.2) is 0 Å². The van der Waals surface area contributed by atoms with Crippen molar-refractivity contribution >= 4 is 12.2 Å². The molecule has 0 bridgehead atoms. The molecule has 0 spiro atoms. The van der Waals surface area contributed by atoms with Crippen LogP contribution in [0.3, 0.4) is 0 Å². The molecule has 0 saturated carbocycles. The molecule has 0 nitrogen and oxygen atoms in total. The normalized spacial score (nSPS) is 10.2. The minimum atomic E-state index is 0.250. The molecule has 0 aliphatic carbocycles. The summed E-state index contributed by atoms with van der Waals surface area (Å²) in [5.74, 6) is 0. The summed E-state index contributed by atoms with van der Waals surface area (Å²) in [5, 5.41) is 0. The number of rotatable bonds is 2. The van der Waals surface area contributed by atoms with Gasteiger partial charge in [-0.15, -0.1) is 0 Å². The molecule has 0 atom stereocenters. The van der Waals surface area contributed by atoms with Crippen molar-refractivity contribution in [1.82, 2.24) is 0 Å². The molecule has 0 radical (unpaired) electrons. The maximum atomic E-state index is 3.72. The zero-order chi connectivity index (χ0) is 16.6. The van der Waals surface area contributed by atoms with Crippen molar-refractivity contribution in [3.8, 4) is 0 Å². The Balaban J connectivity index is 0.000000224. The highest BCUT2D eigenvalue weighted by molar-refractivity contribution is 5.51. The van der Waals surface area contributed by atoms with E-state index in [4.69, 9.17) is 0 Å². The maximum absolute atomic E-state index is 3.72. The summed E-state index contributed by atoms with van der Waals surface area (Å²) in [6, 6.07) is 18.9. The number of hydrogen-bond donors (Lipinski definition) is 0. The summed E-state index contributed by atoms with van der Waals surface area (Å²) >= 11 is 0. The Labute approximate surface area is 136 Å². The summed E-state index contributed by atoms with van der Waals surface area (Å²) in [7, 11) is 0. The monoisotopic (exact) mass is 292 g/mol. The molecule has 0 aliphatic rings.